The van der Waals surface area contributed by atoms with Crippen LogP contribution in [0.3, 0.4) is 0 Å². The van der Waals surface area contributed by atoms with Crippen molar-refractivity contribution in [3.63, 3.8) is 0 Å². The summed E-state index contributed by atoms with van der Waals surface area (Å²) in [6.07, 6.45) is 0. The zero-order chi connectivity index (χ0) is 11.2. The molecule has 78 valence electrons. The van der Waals surface area contributed by atoms with Crippen molar-refractivity contribution in [2.75, 3.05) is 0 Å². The molecule has 1 aromatic heterocycles. The molecule has 1 aromatic carbocycles. The molecule has 3 nitrogen and oxygen atoms in total. The lowest BCUT2D eigenvalue weighted by atomic mass is 10.2. The monoisotopic (exact) mass is 287 g/mol. The lowest BCUT2D eigenvalue weighted by molar-refractivity contribution is 0.0687. The van der Waals surface area contributed by atoms with Crippen molar-refractivity contribution in [1.82, 2.24) is 4.57 Å². The summed E-state index contributed by atoms with van der Waals surface area (Å²) in [5.74, 6) is -0.958. The van der Waals surface area contributed by atoms with Gasteiger partial charge in [-0.3, -0.25) is 0 Å². The number of aryl methyl sites for hydroxylation is 1. The molecule has 0 amide bonds. The smallest absolute Gasteiger partial charge is 0.352 e. The van der Waals surface area contributed by atoms with Crippen LogP contribution in [0, 0.1) is 0 Å². The molecule has 0 fully saturated rings. The topological polar surface area (TPSA) is 42.2 Å². The molecule has 15 heavy (non-hydrogen) atoms. The van der Waals surface area contributed by atoms with Gasteiger partial charge in [0.25, 0.3) is 0 Å². The number of aromatic carboxylic acids is 1. The molecule has 0 saturated carbocycles. The van der Waals surface area contributed by atoms with Crippen LogP contribution in [0.2, 0.25) is 5.02 Å². The fourth-order valence-corrected chi connectivity index (χ4v) is 2.11. The number of carbonyl (C=O) groups is 1. The summed E-state index contributed by atoms with van der Waals surface area (Å²) in [7, 11) is 1.70. The number of fused-ring (bicyclic) bond motifs is 1. The highest BCUT2D eigenvalue weighted by Gasteiger charge is 2.14. The first-order valence-corrected chi connectivity index (χ1v) is 5.36. The molecule has 2 aromatic rings. The third kappa shape index (κ3) is 1.54. The van der Waals surface area contributed by atoms with E-state index in [-0.39, 0.29) is 5.69 Å². The SMILES string of the molecule is Cn1c(C(=O)O)cc2c(Cl)c(Br)ccc21. The molecule has 0 saturated heterocycles. The maximum atomic E-state index is 10.9. The number of hydrogen-bond acceptors (Lipinski definition) is 1. The minimum atomic E-state index is -0.958. The Kier molecular flexibility index (Phi) is 2.48. The van der Waals surface area contributed by atoms with Crippen molar-refractivity contribution >= 4 is 44.4 Å². The number of carboxylic acid groups (broad SMARTS) is 1. The number of benzene rings is 1. The van der Waals surface area contributed by atoms with Gasteiger partial charge in [0.2, 0.25) is 0 Å². The highest BCUT2D eigenvalue weighted by atomic mass is 79.9. The Morgan fingerprint density at radius 1 is 1.53 bits per heavy atom. The summed E-state index contributed by atoms with van der Waals surface area (Å²) in [6, 6.07) is 5.21. The van der Waals surface area contributed by atoms with Crippen LogP contribution in [0.5, 0.6) is 0 Å². The fraction of sp³-hybridized carbons (Fsp3) is 0.100. The third-order valence-corrected chi connectivity index (χ3v) is 3.63. The lowest BCUT2D eigenvalue weighted by Crippen LogP contribution is -2.03. The zero-order valence-electron chi connectivity index (χ0n) is 7.79. The van der Waals surface area contributed by atoms with Gasteiger partial charge in [0, 0.05) is 22.4 Å². The van der Waals surface area contributed by atoms with Gasteiger partial charge in [-0.25, -0.2) is 4.79 Å². The van der Waals surface area contributed by atoms with Crippen molar-refractivity contribution in [1.29, 1.82) is 0 Å². The van der Waals surface area contributed by atoms with Gasteiger partial charge in [0.15, 0.2) is 0 Å². The van der Waals surface area contributed by atoms with Gasteiger partial charge in [0.1, 0.15) is 5.69 Å². The number of rotatable bonds is 1. The van der Waals surface area contributed by atoms with E-state index < -0.39 is 5.97 Å². The van der Waals surface area contributed by atoms with Crippen molar-refractivity contribution in [3.8, 4) is 0 Å². The maximum Gasteiger partial charge on any atom is 0.352 e. The molecule has 5 heteroatoms. The van der Waals surface area contributed by atoms with Crippen LogP contribution in [0.4, 0.5) is 0 Å². The van der Waals surface area contributed by atoms with E-state index in [0.717, 1.165) is 15.4 Å². The molecule has 0 aliphatic rings. The summed E-state index contributed by atoms with van der Waals surface area (Å²) >= 11 is 9.36. The molecule has 0 radical (unpaired) electrons. The Morgan fingerprint density at radius 3 is 2.80 bits per heavy atom. The van der Waals surface area contributed by atoms with Gasteiger partial charge in [-0.1, -0.05) is 11.6 Å². The predicted octanol–water partition coefficient (Wildman–Crippen LogP) is 3.29. The van der Waals surface area contributed by atoms with E-state index in [1.54, 1.807) is 23.7 Å². The van der Waals surface area contributed by atoms with Gasteiger partial charge in [-0.2, -0.15) is 0 Å². The largest absolute Gasteiger partial charge is 0.477 e. The van der Waals surface area contributed by atoms with Crippen molar-refractivity contribution < 1.29 is 9.90 Å². The Labute approximate surface area is 99.4 Å². The van der Waals surface area contributed by atoms with Gasteiger partial charge >= 0.3 is 5.97 Å². The highest BCUT2D eigenvalue weighted by molar-refractivity contribution is 9.10. The van der Waals surface area contributed by atoms with Crippen molar-refractivity contribution in [2.45, 2.75) is 0 Å². The molecule has 2 rings (SSSR count). The fourth-order valence-electron chi connectivity index (χ4n) is 1.55. The van der Waals surface area contributed by atoms with Crippen molar-refractivity contribution in [2.24, 2.45) is 7.05 Å². The molecular formula is C10H7BrClNO2. The molecular weight excluding hydrogens is 281 g/mol. The van der Waals surface area contributed by atoms with E-state index in [1.165, 1.54) is 0 Å². The minimum Gasteiger partial charge on any atom is -0.477 e. The quantitative estimate of drug-likeness (QED) is 0.875. The second-order valence-corrected chi connectivity index (χ2v) is 4.42. The normalized spacial score (nSPS) is 10.9. The Balaban J connectivity index is 2.88. The van der Waals surface area contributed by atoms with E-state index in [9.17, 15) is 4.79 Å². The number of nitrogens with zero attached hydrogens (tertiary/aromatic N) is 1. The summed E-state index contributed by atoms with van der Waals surface area (Å²) in [6.45, 7) is 0. The van der Waals surface area contributed by atoms with E-state index in [4.69, 9.17) is 16.7 Å². The first kappa shape index (κ1) is 10.5. The van der Waals surface area contributed by atoms with E-state index in [0.29, 0.717) is 5.02 Å². The number of halogens is 2. The first-order chi connectivity index (χ1) is 7.02. The van der Waals surface area contributed by atoms with Gasteiger partial charge in [-0.05, 0) is 34.1 Å². The molecule has 0 unspecified atom stereocenters. The van der Waals surface area contributed by atoms with E-state index in [2.05, 4.69) is 15.9 Å². The van der Waals surface area contributed by atoms with Crippen molar-refractivity contribution in [3.05, 3.63) is 33.4 Å². The highest BCUT2D eigenvalue weighted by Crippen LogP contribution is 2.32. The molecule has 1 heterocycles. The summed E-state index contributed by atoms with van der Waals surface area (Å²) in [5.41, 5.74) is 1.03. The Bertz CT molecular complexity index is 562. The zero-order valence-corrected chi connectivity index (χ0v) is 10.1. The summed E-state index contributed by atoms with van der Waals surface area (Å²) < 4.78 is 2.37. The average Bonchev–Trinajstić information content (AvgIpc) is 2.51. The summed E-state index contributed by atoms with van der Waals surface area (Å²) in [4.78, 5) is 10.9. The minimum absolute atomic E-state index is 0.227. The molecule has 0 bridgehead atoms. The molecule has 0 aliphatic heterocycles. The molecule has 0 spiro atoms. The van der Waals surface area contributed by atoms with Crippen LogP contribution in [0.1, 0.15) is 10.5 Å². The van der Waals surface area contributed by atoms with Crippen LogP contribution in [-0.4, -0.2) is 15.6 Å². The maximum absolute atomic E-state index is 10.9. The van der Waals surface area contributed by atoms with Crippen LogP contribution in [0.15, 0.2) is 22.7 Å². The number of hydrogen-bond donors (Lipinski definition) is 1. The van der Waals surface area contributed by atoms with Gasteiger partial charge in [-0.15, -0.1) is 0 Å². The number of carboxylic acids is 1. The Hall–Kier alpha value is -1.000. The lowest BCUT2D eigenvalue weighted by Gasteiger charge is -2.00. The van der Waals surface area contributed by atoms with Gasteiger partial charge < -0.3 is 9.67 Å². The Morgan fingerprint density at radius 2 is 2.20 bits per heavy atom. The summed E-state index contributed by atoms with van der Waals surface area (Å²) in [5, 5.41) is 10.2. The third-order valence-electron chi connectivity index (χ3n) is 2.33. The molecule has 0 atom stereocenters. The second kappa shape index (κ2) is 3.54. The second-order valence-electron chi connectivity index (χ2n) is 3.19. The van der Waals surface area contributed by atoms with Crippen LogP contribution in [0.25, 0.3) is 10.9 Å². The first-order valence-electron chi connectivity index (χ1n) is 4.19. The van der Waals surface area contributed by atoms with Crippen LogP contribution in [-0.2, 0) is 7.05 Å². The van der Waals surface area contributed by atoms with E-state index >= 15 is 0 Å². The van der Waals surface area contributed by atoms with Gasteiger partial charge in [0.05, 0.1) is 5.02 Å². The standard InChI is InChI=1S/C10H7BrClNO2/c1-13-7-3-2-6(11)9(12)5(7)4-8(13)10(14)15/h2-4H,1H3,(H,14,15). The number of aromatic nitrogens is 1. The average molecular weight is 289 g/mol. The molecule has 0 aliphatic carbocycles. The van der Waals surface area contributed by atoms with Crippen LogP contribution < -0.4 is 0 Å². The van der Waals surface area contributed by atoms with Crippen LogP contribution >= 0.6 is 27.5 Å². The predicted molar refractivity (Wildman–Crippen MR) is 62.6 cm³/mol. The van der Waals surface area contributed by atoms with E-state index in [1.807, 2.05) is 6.07 Å². The molecule has 1 N–H and O–H groups in total.